The maximum Gasteiger partial charge on any atom is 0.318 e. The summed E-state index contributed by atoms with van der Waals surface area (Å²) in [5, 5.41) is 4.43. The largest absolute Gasteiger partial charge is 0.467 e. The van der Waals surface area contributed by atoms with Crippen LogP contribution in [0.5, 0.6) is 6.01 Å². The smallest absolute Gasteiger partial charge is 0.318 e. The predicted octanol–water partition coefficient (Wildman–Crippen LogP) is 4.35. The molecule has 2 N–H and O–H groups in total. The van der Waals surface area contributed by atoms with E-state index in [1.54, 1.807) is 6.07 Å². The van der Waals surface area contributed by atoms with Crippen LogP contribution in [0.4, 0.5) is 14.6 Å². The lowest BCUT2D eigenvalue weighted by molar-refractivity contribution is 0.149. The Hall–Kier alpha value is -3.70. The van der Waals surface area contributed by atoms with E-state index in [0.717, 1.165) is 31.8 Å². The number of nitrogens with one attached hydrogen (secondary N) is 2. The Morgan fingerprint density at radius 2 is 1.76 bits per heavy atom. The van der Waals surface area contributed by atoms with Crippen molar-refractivity contribution in [3.63, 3.8) is 0 Å². The van der Waals surface area contributed by atoms with E-state index in [2.05, 4.69) is 49.0 Å². The number of likely N-dealkylation sites (tertiary alicyclic amines) is 1. The monoisotopic (exact) mass is 565 g/mol. The first-order chi connectivity index (χ1) is 19.8. The normalized spacial score (nSPS) is 20.2. The van der Waals surface area contributed by atoms with Gasteiger partial charge in [0.1, 0.15) is 22.8 Å². The third-order valence-electron chi connectivity index (χ3n) is 7.66. The Morgan fingerprint density at radius 1 is 1.05 bits per heavy atom. The molecule has 2 atom stereocenters. The predicted molar refractivity (Wildman–Crippen MR) is 158 cm³/mol. The van der Waals surface area contributed by atoms with Gasteiger partial charge >= 0.3 is 6.01 Å². The van der Waals surface area contributed by atoms with Gasteiger partial charge in [-0.1, -0.05) is 32.9 Å². The topological polar surface area (TPSA) is 99.3 Å². The van der Waals surface area contributed by atoms with Gasteiger partial charge in [0, 0.05) is 55.9 Å². The van der Waals surface area contributed by atoms with Crippen LogP contribution >= 0.6 is 0 Å². The van der Waals surface area contributed by atoms with E-state index in [4.69, 9.17) is 4.74 Å². The van der Waals surface area contributed by atoms with Crippen molar-refractivity contribution >= 4 is 27.5 Å². The number of methoxy groups -OCH3 is 1. The minimum Gasteiger partial charge on any atom is -0.467 e. The van der Waals surface area contributed by atoms with Gasteiger partial charge in [-0.15, -0.1) is 0 Å². The molecule has 3 aromatic heterocycles. The highest BCUT2D eigenvalue weighted by atomic mass is 19.1. The third-order valence-corrected chi connectivity index (χ3v) is 7.66. The third kappa shape index (κ3) is 5.73. The van der Waals surface area contributed by atoms with E-state index in [0.29, 0.717) is 28.7 Å². The standard InChI is InChI=1S/C23H20F2N6O2.C5H11N.C2H6/c1-33-23-29-19-14(22(30-23)31-9-12-5-6-13(10-31)27-12)8-26-21(18(19)25)20-17-11(7-16(32)28-20)3-2-4-15(17)24;1-5-3-6(2)4-5;1-2/h2-4,7-8,12-13,27H,5-6,9-10H2,1H3,(H,28,32);5H,3-4H2,1-2H3;1-2H3. The number of halogens is 2. The molecule has 41 heavy (non-hydrogen) atoms. The Kier molecular flexibility index (Phi) is 8.46. The molecule has 3 aliphatic rings. The van der Waals surface area contributed by atoms with Crippen LogP contribution in [0.15, 0.2) is 35.3 Å². The molecule has 0 radical (unpaired) electrons. The van der Waals surface area contributed by atoms with E-state index >= 15 is 4.39 Å². The molecule has 1 aromatic carbocycles. The van der Waals surface area contributed by atoms with Crippen molar-refractivity contribution in [2.45, 2.75) is 45.7 Å². The first-order valence-electron chi connectivity index (χ1n) is 14.2. The van der Waals surface area contributed by atoms with Gasteiger partial charge in [0.25, 0.3) is 0 Å². The molecule has 4 aromatic rings. The van der Waals surface area contributed by atoms with Gasteiger partial charge in [0.2, 0.25) is 5.56 Å². The number of benzene rings is 1. The van der Waals surface area contributed by atoms with Crippen LogP contribution in [0.1, 0.15) is 33.6 Å². The fourth-order valence-corrected chi connectivity index (χ4v) is 5.97. The van der Waals surface area contributed by atoms with Gasteiger partial charge in [0.15, 0.2) is 5.82 Å². The first-order valence-corrected chi connectivity index (χ1v) is 14.2. The lowest BCUT2D eigenvalue weighted by atomic mass is 10.1. The Morgan fingerprint density at radius 3 is 2.37 bits per heavy atom. The highest BCUT2D eigenvalue weighted by molar-refractivity contribution is 5.97. The Bertz CT molecular complexity index is 1590. The average Bonchev–Trinajstić information content (AvgIpc) is 3.30. The summed E-state index contributed by atoms with van der Waals surface area (Å²) in [5.74, 6) is 0.150. The van der Waals surface area contributed by atoms with Crippen molar-refractivity contribution in [3.05, 3.63) is 52.5 Å². The van der Waals surface area contributed by atoms with Gasteiger partial charge in [-0.2, -0.15) is 9.97 Å². The molecule has 9 nitrogen and oxygen atoms in total. The van der Waals surface area contributed by atoms with Gasteiger partial charge in [0.05, 0.1) is 18.2 Å². The number of hydrogen-bond acceptors (Lipinski definition) is 8. The summed E-state index contributed by atoms with van der Waals surface area (Å²) in [6.45, 7) is 10.4. The van der Waals surface area contributed by atoms with Gasteiger partial charge < -0.3 is 24.8 Å². The summed E-state index contributed by atoms with van der Waals surface area (Å²) in [6.07, 6.45) is 3.64. The Balaban J connectivity index is 0.000000371. The summed E-state index contributed by atoms with van der Waals surface area (Å²) in [4.78, 5) is 32.2. The zero-order valence-electron chi connectivity index (χ0n) is 24.2. The number of H-pyrrole nitrogens is 1. The molecule has 6 heterocycles. The molecule has 7 rings (SSSR count). The zero-order valence-corrected chi connectivity index (χ0v) is 24.2. The molecule has 3 fully saturated rings. The van der Waals surface area contributed by atoms with Gasteiger partial charge in [-0.25, -0.2) is 8.78 Å². The molecular formula is C30H37F2N7O2. The fraction of sp³-hybridized carbons (Fsp3) is 0.467. The molecule has 3 saturated heterocycles. The summed E-state index contributed by atoms with van der Waals surface area (Å²) >= 11 is 0. The van der Waals surface area contributed by atoms with Crippen molar-refractivity contribution < 1.29 is 13.5 Å². The number of aromatic nitrogens is 4. The second-order valence-electron chi connectivity index (χ2n) is 10.8. The van der Waals surface area contributed by atoms with Crippen LogP contribution in [0, 0.1) is 17.6 Å². The van der Waals surface area contributed by atoms with E-state index in [1.807, 2.05) is 13.8 Å². The van der Waals surface area contributed by atoms with Crippen molar-refractivity contribution in [1.82, 2.24) is 30.2 Å². The molecule has 2 bridgehead atoms. The molecule has 218 valence electrons. The van der Waals surface area contributed by atoms with E-state index < -0.39 is 17.2 Å². The number of anilines is 1. The van der Waals surface area contributed by atoms with Crippen LogP contribution in [0.25, 0.3) is 33.1 Å². The van der Waals surface area contributed by atoms with Crippen molar-refractivity contribution in [3.8, 4) is 17.4 Å². The summed E-state index contributed by atoms with van der Waals surface area (Å²) < 4.78 is 35.8. The average molecular weight is 566 g/mol. The number of hydrogen-bond donors (Lipinski definition) is 2. The summed E-state index contributed by atoms with van der Waals surface area (Å²) in [6, 6.07) is 6.33. The molecule has 0 aliphatic carbocycles. The highest BCUT2D eigenvalue weighted by Crippen LogP contribution is 2.35. The van der Waals surface area contributed by atoms with E-state index in [-0.39, 0.29) is 28.3 Å². The molecule has 0 spiro atoms. The van der Waals surface area contributed by atoms with Crippen LogP contribution in [-0.4, -0.2) is 77.3 Å². The summed E-state index contributed by atoms with van der Waals surface area (Å²) in [5.41, 5.74) is -0.708. The molecular weight excluding hydrogens is 528 g/mol. The molecule has 0 saturated carbocycles. The van der Waals surface area contributed by atoms with Crippen molar-refractivity contribution in [2.75, 3.05) is 45.2 Å². The molecule has 0 amide bonds. The quantitative estimate of drug-likeness (QED) is 0.378. The minimum absolute atomic E-state index is 0.00178. The number of piperazine rings is 1. The molecule has 3 aliphatic heterocycles. The SMILES string of the molecule is CC.CC1CN(C)C1.COc1nc(N2CC3CCC(C2)N3)c2cnc(-c3[nH]c(=O)cc4cccc(F)c34)c(F)c2n1. The van der Waals surface area contributed by atoms with Gasteiger partial charge in [-0.3, -0.25) is 9.78 Å². The number of rotatable bonds is 3. The van der Waals surface area contributed by atoms with E-state index in [9.17, 15) is 9.18 Å². The van der Waals surface area contributed by atoms with Crippen LogP contribution in [0.2, 0.25) is 0 Å². The second-order valence-corrected chi connectivity index (χ2v) is 10.8. The number of nitrogens with zero attached hydrogens (tertiary/aromatic N) is 5. The van der Waals surface area contributed by atoms with Crippen molar-refractivity contribution in [2.24, 2.45) is 5.92 Å². The molecule has 11 heteroatoms. The van der Waals surface area contributed by atoms with Crippen LogP contribution in [0.3, 0.4) is 0 Å². The lowest BCUT2D eigenvalue weighted by Crippen LogP contribution is -2.51. The maximum absolute atomic E-state index is 15.9. The van der Waals surface area contributed by atoms with Crippen LogP contribution in [-0.2, 0) is 0 Å². The first kappa shape index (κ1) is 28.8. The minimum atomic E-state index is -0.779. The van der Waals surface area contributed by atoms with Crippen molar-refractivity contribution in [1.29, 1.82) is 0 Å². The highest BCUT2D eigenvalue weighted by Gasteiger charge is 2.34. The fourth-order valence-electron chi connectivity index (χ4n) is 5.97. The van der Waals surface area contributed by atoms with Gasteiger partial charge in [-0.05, 0) is 37.3 Å². The summed E-state index contributed by atoms with van der Waals surface area (Å²) in [7, 11) is 3.57. The maximum atomic E-state index is 15.9. The second kappa shape index (κ2) is 12.0. The lowest BCUT2D eigenvalue weighted by Gasteiger charge is -2.34. The number of pyridine rings is 2. The van der Waals surface area contributed by atoms with Crippen LogP contribution < -0.4 is 20.5 Å². The number of ether oxygens (including phenoxy) is 1. The molecule has 2 unspecified atom stereocenters. The zero-order chi connectivity index (χ0) is 29.3. The number of fused-ring (bicyclic) bond motifs is 4. The number of aromatic amines is 1. The Labute approximate surface area is 238 Å². The van der Waals surface area contributed by atoms with E-state index in [1.165, 1.54) is 44.6 Å².